The van der Waals surface area contributed by atoms with E-state index in [9.17, 15) is 4.79 Å². The Labute approximate surface area is 111 Å². The fourth-order valence-corrected chi connectivity index (χ4v) is 1.97. The summed E-state index contributed by atoms with van der Waals surface area (Å²) in [6, 6.07) is -0.308. The van der Waals surface area contributed by atoms with E-state index in [2.05, 4.69) is 0 Å². The van der Waals surface area contributed by atoms with Gasteiger partial charge in [-0.1, -0.05) is 13.8 Å². The second-order valence-corrected chi connectivity index (χ2v) is 5.90. The molecule has 0 unspecified atom stereocenters. The van der Waals surface area contributed by atoms with Gasteiger partial charge in [-0.3, -0.25) is 4.79 Å². The van der Waals surface area contributed by atoms with Crippen LogP contribution in [0.15, 0.2) is 0 Å². The largest absolute Gasteiger partial charge is 0.341 e. The Morgan fingerprint density at radius 2 is 1.59 bits per heavy atom. The molecular formula is C13H25ClN2O. The Kier molecular flexibility index (Phi) is 5.26. The van der Waals surface area contributed by atoms with Gasteiger partial charge >= 0.3 is 0 Å². The summed E-state index contributed by atoms with van der Waals surface area (Å²) in [6.07, 6.45) is 5.19. The van der Waals surface area contributed by atoms with Crippen molar-refractivity contribution < 1.29 is 4.79 Å². The van der Waals surface area contributed by atoms with Gasteiger partial charge in [0.2, 0.25) is 5.91 Å². The van der Waals surface area contributed by atoms with Crippen LogP contribution >= 0.6 is 12.4 Å². The van der Waals surface area contributed by atoms with Crippen LogP contribution in [-0.2, 0) is 4.79 Å². The molecule has 0 heterocycles. The van der Waals surface area contributed by atoms with Crippen molar-refractivity contribution >= 4 is 18.3 Å². The molecule has 0 saturated heterocycles. The number of nitrogens with two attached hydrogens (primary N) is 1. The standard InChI is InChI=1S/C13H24N2O.ClH/c1-9(2)12(14)13(16)15(7-10-3-4-10)8-11-5-6-11;/h9-12H,3-8,14H2,1-2H3;1H/t12-;/m1./s1. The van der Waals surface area contributed by atoms with Gasteiger partial charge in [0.15, 0.2) is 0 Å². The second kappa shape index (κ2) is 6.05. The first-order valence-corrected chi connectivity index (χ1v) is 6.62. The van der Waals surface area contributed by atoms with Gasteiger partial charge in [0, 0.05) is 13.1 Å². The molecule has 0 bridgehead atoms. The molecule has 1 amide bonds. The first-order valence-electron chi connectivity index (χ1n) is 6.62. The van der Waals surface area contributed by atoms with Crippen LogP contribution in [-0.4, -0.2) is 29.9 Å². The summed E-state index contributed by atoms with van der Waals surface area (Å²) >= 11 is 0. The maximum Gasteiger partial charge on any atom is 0.239 e. The molecule has 0 aromatic carbocycles. The molecular weight excluding hydrogens is 236 g/mol. The van der Waals surface area contributed by atoms with E-state index in [1.807, 2.05) is 18.7 Å². The van der Waals surface area contributed by atoms with Crippen molar-refractivity contribution in [3.05, 3.63) is 0 Å². The minimum atomic E-state index is -0.308. The van der Waals surface area contributed by atoms with Crippen molar-refractivity contribution in [3.8, 4) is 0 Å². The molecule has 4 heteroatoms. The first kappa shape index (κ1) is 14.8. The maximum absolute atomic E-state index is 12.2. The summed E-state index contributed by atoms with van der Waals surface area (Å²) in [6.45, 7) is 5.95. The zero-order chi connectivity index (χ0) is 11.7. The van der Waals surface area contributed by atoms with Crippen molar-refractivity contribution in [2.75, 3.05) is 13.1 Å². The molecule has 0 aromatic rings. The Morgan fingerprint density at radius 3 is 1.88 bits per heavy atom. The number of halogens is 1. The lowest BCUT2D eigenvalue weighted by Crippen LogP contribution is -2.47. The van der Waals surface area contributed by atoms with Crippen LogP contribution in [0.4, 0.5) is 0 Å². The Hall–Kier alpha value is -0.280. The van der Waals surface area contributed by atoms with Crippen LogP contribution in [0.2, 0.25) is 0 Å². The molecule has 0 radical (unpaired) electrons. The molecule has 100 valence electrons. The molecule has 2 rings (SSSR count). The van der Waals surface area contributed by atoms with Crippen molar-refractivity contribution in [3.63, 3.8) is 0 Å². The van der Waals surface area contributed by atoms with E-state index in [4.69, 9.17) is 5.73 Å². The van der Waals surface area contributed by atoms with Crippen molar-refractivity contribution in [1.82, 2.24) is 4.90 Å². The lowest BCUT2D eigenvalue weighted by Gasteiger charge is -2.27. The summed E-state index contributed by atoms with van der Waals surface area (Å²) in [7, 11) is 0. The van der Waals surface area contributed by atoms with Gasteiger partial charge in [-0.05, 0) is 43.4 Å². The summed E-state index contributed by atoms with van der Waals surface area (Å²) < 4.78 is 0. The molecule has 2 aliphatic carbocycles. The van der Waals surface area contributed by atoms with Crippen LogP contribution in [0.5, 0.6) is 0 Å². The third kappa shape index (κ3) is 4.47. The molecule has 0 aliphatic heterocycles. The van der Waals surface area contributed by atoms with Gasteiger partial charge in [0.05, 0.1) is 6.04 Å². The fourth-order valence-electron chi connectivity index (χ4n) is 1.97. The second-order valence-electron chi connectivity index (χ2n) is 5.90. The van der Waals surface area contributed by atoms with E-state index < -0.39 is 0 Å². The molecule has 2 aliphatic rings. The SMILES string of the molecule is CC(C)[C@@H](N)C(=O)N(CC1CC1)CC1CC1.Cl. The Balaban J connectivity index is 0.00000144. The zero-order valence-corrected chi connectivity index (χ0v) is 11.7. The van der Waals surface area contributed by atoms with Crippen LogP contribution in [0.3, 0.4) is 0 Å². The van der Waals surface area contributed by atoms with Gasteiger partial charge in [-0.15, -0.1) is 12.4 Å². The minimum Gasteiger partial charge on any atom is -0.341 e. The first-order chi connectivity index (χ1) is 7.58. The number of carbonyl (C=O) groups excluding carboxylic acids is 1. The van der Waals surface area contributed by atoms with E-state index in [0.29, 0.717) is 0 Å². The lowest BCUT2D eigenvalue weighted by atomic mass is 10.0. The molecule has 0 spiro atoms. The average Bonchev–Trinajstić information content (AvgIpc) is 3.08. The highest BCUT2D eigenvalue weighted by molar-refractivity contribution is 5.85. The highest BCUT2D eigenvalue weighted by Gasteiger charge is 2.33. The number of carbonyl (C=O) groups is 1. The summed E-state index contributed by atoms with van der Waals surface area (Å²) in [5, 5.41) is 0. The van der Waals surface area contributed by atoms with Crippen molar-refractivity contribution in [1.29, 1.82) is 0 Å². The van der Waals surface area contributed by atoms with Gasteiger partial charge in [0.1, 0.15) is 0 Å². The third-order valence-electron chi connectivity index (χ3n) is 3.67. The summed E-state index contributed by atoms with van der Waals surface area (Å²) in [4.78, 5) is 14.3. The average molecular weight is 261 g/mol. The number of hydrogen-bond acceptors (Lipinski definition) is 2. The molecule has 2 fully saturated rings. The van der Waals surface area contributed by atoms with Crippen molar-refractivity contribution in [2.24, 2.45) is 23.5 Å². The molecule has 0 aromatic heterocycles. The van der Waals surface area contributed by atoms with E-state index in [1.54, 1.807) is 0 Å². The highest BCUT2D eigenvalue weighted by Crippen LogP contribution is 2.34. The van der Waals surface area contributed by atoms with Crippen LogP contribution in [0, 0.1) is 17.8 Å². The summed E-state index contributed by atoms with van der Waals surface area (Å²) in [5.74, 6) is 1.95. The fraction of sp³-hybridized carbons (Fsp3) is 0.923. The predicted molar refractivity (Wildman–Crippen MR) is 72.1 cm³/mol. The molecule has 17 heavy (non-hydrogen) atoms. The minimum absolute atomic E-state index is 0. The topological polar surface area (TPSA) is 46.3 Å². The zero-order valence-electron chi connectivity index (χ0n) is 10.9. The lowest BCUT2D eigenvalue weighted by molar-refractivity contribution is -0.134. The highest BCUT2D eigenvalue weighted by atomic mass is 35.5. The van der Waals surface area contributed by atoms with Crippen LogP contribution in [0.1, 0.15) is 39.5 Å². The Morgan fingerprint density at radius 1 is 1.18 bits per heavy atom. The molecule has 3 nitrogen and oxygen atoms in total. The number of hydrogen-bond donors (Lipinski definition) is 1. The quantitative estimate of drug-likeness (QED) is 0.795. The molecule has 2 N–H and O–H groups in total. The van der Waals surface area contributed by atoms with Gasteiger partial charge in [-0.2, -0.15) is 0 Å². The van der Waals surface area contributed by atoms with Crippen molar-refractivity contribution in [2.45, 2.75) is 45.6 Å². The van der Waals surface area contributed by atoms with E-state index in [-0.39, 0.29) is 30.3 Å². The van der Waals surface area contributed by atoms with Crippen LogP contribution in [0.25, 0.3) is 0 Å². The smallest absolute Gasteiger partial charge is 0.239 e. The van der Waals surface area contributed by atoms with Crippen LogP contribution < -0.4 is 5.73 Å². The van der Waals surface area contributed by atoms with Gasteiger partial charge < -0.3 is 10.6 Å². The third-order valence-corrected chi connectivity index (χ3v) is 3.67. The number of rotatable bonds is 6. The van der Waals surface area contributed by atoms with E-state index >= 15 is 0 Å². The predicted octanol–water partition coefficient (Wildman–Crippen LogP) is 2.04. The maximum atomic E-state index is 12.2. The number of nitrogens with zero attached hydrogens (tertiary/aromatic N) is 1. The van der Waals surface area contributed by atoms with E-state index in [0.717, 1.165) is 24.9 Å². The number of amides is 1. The monoisotopic (exact) mass is 260 g/mol. The van der Waals surface area contributed by atoms with Gasteiger partial charge in [0.25, 0.3) is 0 Å². The van der Waals surface area contributed by atoms with E-state index in [1.165, 1.54) is 25.7 Å². The van der Waals surface area contributed by atoms with Gasteiger partial charge in [-0.25, -0.2) is 0 Å². The Bertz CT molecular complexity index is 248. The normalized spacial score (nSPS) is 20.9. The molecule has 2 saturated carbocycles. The summed E-state index contributed by atoms with van der Waals surface area (Å²) in [5.41, 5.74) is 5.96. The molecule has 1 atom stereocenters.